The third-order valence-corrected chi connectivity index (χ3v) is 6.39. The molecule has 10 nitrogen and oxygen atoms in total. The number of carbonyl (C=O) groups excluding carboxylic acids is 1. The number of piperazine rings is 1. The number of pyridine rings is 1. The van der Waals surface area contributed by atoms with Gasteiger partial charge in [0.25, 0.3) is 11.5 Å². The first-order valence-electron chi connectivity index (χ1n) is 12.5. The fourth-order valence-corrected chi connectivity index (χ4v) is 4.36. The molecule has 3 aromatic heterocycles. The molecular weight excluding hydrogens is 468 g/mol. The smallest absolute Gasteiger partial charge is 0.256 e. The number of anilines is 2. The van der Waals surface area contributed by atoms with Gasteiger partial charge in [-0.2, -0.15) is 4.98 Å². The highest BCUT2D eigenvalue weighted by Gasteiger charge is 2.22. The molecule has 1 amide bonds. The monoisotopic (exact) mass is 498 g/mol. The summed E-state index contributed by atoms with van der Waals surface area (Å²) in [6, 6.07) is 12.1. The van der Waals surface area contributed by atoms with Crippen LogP contribution >= 0.6 is 0 Å². The molecular formula is C27H30N8O2. The predicted molar refractivity (Wildman–Crippen MR) is 144 cm³/mol. The van der Waals surface area contributed by atoms with Gasteiger partial charge < -0.3 is 15.1 Å². The standard InChI is InChI=1S/C27H30N8O2/c1-18(2)17-30-25(37)20-5-7-21(8-6-20)35-23(36)10-9-22-19(3)31-27(32-24(22)35)34-15-13-33(14-16-34)26-28-11-4-12-29-26/h4-12,18H,13-17H2,1-3H3,(H,30,37). The average Bonchev–Trinajstić information content (AvgIpc) is 2.92. The second-order valence-corrected chi connectivity index (χ2v) is 9.53. The Labute approximate surface area is 215 Å². The van der Waals surface area contributed by atoms with Gasteiger partial charge in [0, 0.05) is 62.1 Å². The number of carbonyl (C=O) groups is 1. The van der Waals surface area contributed by atoms with Crippen LogP contribution in [0.4, 0.5) is 11.9 Å². The van der Waals surface area contributed by atoms with Crippen LogP contribution in [0.15, 0.2) is 59.7 Å². The Morgan fingerprint density at radius 2 is 1.57 bits per heavy atom. The van der Waals surface area contributed by atoms with E-state index in [9.17, 15) is 9.59 Å². The summed E-state index contributed by atoms with van der Waals surface area (Å²) in [7, 11) is 0. The lowest BCUT2D eigenvalue weighted by Crippen LogP contribution is -2.47. The van der Waals surface area contributed by atoms with Crippen LogP contribution in [0.3, 0.4) is 0 Å². The lowest BCUT2D eigenvalue weighted by molar-refractivity contribution is 0.0949. The van der Waals surface area contributed by atoms with E-state index in [1.165, 1.54) is 6.07 Å². The van der Waals surface area contributed by atoms with E-state index in [0.717, 1.165) is 24.2 Å². The lowest BCUT2D eigenvalue weighted by atomic mass is 10.1. The first-order chi connectivity index (χ1) is 17.9. The maximum absolute atomic E-state index is 13.0. The van der Waals surface area contributed by atoms with Crippen LogP contribution in [0.1, 0.15) is 29.9 Å². The number of aromatic nitrogens is 5. The third kappa shape index (κ3) is 5.13. The lowest BCUT2D eigenvalue weighted by Gasteiger charge is -2.34. The molecule has 1 fully saturated rings. The fourth-order valence-electron chi connectivity index (χ4n) is 4.36. The van der Waals surface area contributed by atoms with Crippen LogP contribution in [0.25, 0.3) is 16.7 Å². The van der Waals surface area contributed by atoms with Crippen molar-refractivity contribution >= 4 is 28.8 Å². The zero-order chi connectivity index (χ0) is 25.9. The van der Waals surface area contributed by atoms with Crippen molar-refractivity contribution < 1.29 is 4.79 Å². The van der Waals surface area contributed by atoms with Gasteiger partial charge in [0.05, 0.1) is 11.4 Å². The van der Waals surface area contributed by atoms with Gasteiger partial charge in [0.2, 0.25) is 11.9 Å². The van der Waals surface area contributed by atoms with Crippen molar-refractivity contribution in [3.05, 3.63) is 76.5 Å². The predicted octanol–water partition coefficient (Wildman–Crippen LogP) is 2.59. The molecule has 1 aliphatic heterocycles. The Hall–Kier alpha value is -4.34. The zero-order valence-electron chi connectivity index (χ0n) is 21.3. The first kappa shape index (κ1) is 24.4. The van der Waals surface area contributed by atoms with Crippen LogP contribution < -0.4 is 20.7 Å². The number of rotatable bonds is 6. The largest absolute Gasteiger partial charge is 0.352 e. The van der Waals surface area contributed by atoms with E-state index in [4.69, 9.17) is 9.97 Å². The van der Waals surface area contributed by atoms with Gasteiger partial charge in [-0.3, -0.25) is 14.2 Å². The molecule has 1 saturated heterocycles. The Morgan fingerprint density at radius 1 is 0.919 bits per heavy atom. The molecule has 0 atom stereocenters. The number of hydrogen-bond acceptors (Lipinski definition) is 8. The van der Waals surface area contributed by atoms with E-state index in [0.29, 0.717) is 54.3 Å². The molecule has 1 N–H and O–H groups in total. The second-order valence-electron chi connectivity index (χ2n) is 9.53. The van der Waals surface area contributed by atoms with Crippen molar-refractivity contribution in [3.8, 4) is 5.69 Å². The number of hydrogen-bond donors (Lipinski definition) is 1. The summed E-state index contributed by atoms with van der Waals surface area (Å²) in [5.41, 5.74) is 2.34. The van der Waals surface area contributed by atoms with Gasteiger partial charge in [0.1, 0.15) is 0 Å². The molecule has 4 heterocycles. The second kappa shape index (κ2) is 10.3. The van der Waals surface area contributed by atoms with Crippen LogP contribution in [0.5, 0.6) is 0 Å². The highest BCUT2D eigenvalue weighted by Crippen LogP contribution is 2.22. The Balaban J connectivity index is 1.44. The zero-order valence-corrected chi connectivity index (χ0v) is 21.3. The molecule has 37 heavy (non-hydrogen) atoms. The molecule has 0 aliphatic carbocycles. The maximum atomic E-state index is 13.0. The topological polar surface area (TPSA) is 109 Å². The van der Waals surface area contributed by atoms with Crippen molar-refractivity contribution in [2.45, 2.75) is 20.8 Å². The van der Waals surface area contributed by atoms with E-state index in [1.54, 1.807) is 53.4 Å². The number of amides is 1. The van der Waals surface area contributed by atoms with Crippen molar-refractivity contribution in [2.75, 3.05) is 42.5 Å². The number of nitrogens with zero attached hydrogens (tertiary/aromatic N) is 7. The van der Waals surface area contributed by atoms with Crippen molar-refractivity contribution in [3.63, 3.8) is 0 Å². The molecule has 1 aliphatic rings. The molecule has 0 bridgehead atoms. The SMILES string of the molecule is Cc1nc(N2CCN(c3ncccn3)CC2)nc2c1ccc(=O)n2-c1ccc(C(=O)NCC(C)C)cc1. The Morgan fingerprint density at radius 3 is 2.22 bits per heavy atom. The number of fused-ring (bicyclic) bond motifs is 1. The van der Waals surface area contributed by atoms with Gasteiger partial charge >= 0.3 is 0 Å². The minimum atomic E-state index is -0.195. The van der Waals surface area contributed by atoms with Gasteiger partial charge in [-0.1, -0.05) is 13.8 Å². The molecule has 4 aromatic rings. The summed E-state index contributed by atoms with van der Waals surface area (Å²) >= 11 is 0. The van der Waals surface area contributed by atoms with Crippen molar-refractivity contribution in [1.29, 1.82) is 0 Å². The van der Waals surface area contributed by atoms with Gasteiger partial charge in [-0.05, 0) is 49.2 Å². The summed E-state index contributed by atoms with van der Waals surface area (Å²) in [5.74, 6) is 1.53. The fraction of sp³-hybridized carbons (Fsp3) is 0.333. The molecule has 1 aromatic carbocycles. The summed E-state index contributed by atoms with van der Waals surface area (Å²) < 4.78 is 1.58. The normalized spacial score (nSPS) is 13.8. The van der Waals surface area contributed by atoms with Crippen LogP contribution in [0.2, 0.25) is 0 Å². The third-order valence-electron chi connectivity index (χ3n) is 6.39. The van der Waals surface area contributed by atoms with E-state index >= 15 is 0 Å². The van der Waals surface area contributed by atoms with Crippen LogP contribution in [0, 0.1) is 12.8 Å². The number of benzene rings is 1. The summed E-state index contributed by atoms with van der Waals surface area (Å²) in [5, 5.41) is 3.72. The molecule has 0 spiro atoms. The molecule has 0 unspecified atom stereocenters. The van der Waals surface area contributed by atoms with Crippen molar-refractivity contribution in [1.82, 2.24) is 29.8 Å². The highest BCUT2D eigenvalue weighted by molar-refractivity contribution is 5.94. The van der Waals surface area contributed by atoms with E-state index in [2.05, 4.69) is 25.1 Å². The summed E-state index contributed by atoms with van der Waals surface area (Å²) in [6.45, 7) is 9.53. The summed E-state index contributed by atoms with van der Waals surface area (Å²) in [6.07, 6.45) is 3.49. The molecule has 0 saturated carbocycles. The Kier molecular flexibility index (Phi) is 6.80. The molecule has 190 valence electrons. The van der Waals surface area contributed by atoms with E-state index in [-0.39, 0.29) is 11.5 Å². The first-order valence-corrected chi connectivity index (χ1v) is 12.5. The van der Waals surface area contributed by atoms with Crippen molar-refractivity contribution in [2.24, 2.45) is 5.92 Å². The van der Waals surface area contributed by atoms with Crippen LogP contribution in [-0.2, 0) is 0 Å². The van der Waals surface area contributed by atoms with Gasteiger partial charge in [-0.25, -0.2) is 15.0 Å². The number of nitrogens with one attached hydrogen (secondary N) is 1. The quantitative estimate of drug-likeness (QED) is 0.432. The Bertz CT molecular complexity index is 1460. The van der Waals surface area contributed by atoms with E-state index < -0.39 is 0 Å². The minimum Gasteiger partial charge on any atom is -0.352 e. The van der Waals surface area contributed by atoms with Crippen LogP contribution in [-0.4, -0.2) is 63.1 Å². The van der Waals surface area contributed by atoms with Gasteiger partial charge in [-0.15, -0.1) is 0 Å². The molecule has 5 rings (SSSR count). The minimum absolute atomic E-state index is 0.133. The maximum Gasteiger partial charge on any atom is 0.256 e. The van der Waals surface area contributed by atoms with E-state index in [1.807, 2.05) is 20.8 Å². The molecule has 10 heteroatoms. The number of aryl methyl sites for hydroxylation is 1. The molecule has 0 radical (unpaired) electrons. The highest BCUT2D eigenvalue weighted by atomic mass is 16.1. The average molecular weight is 499 g/mol. The summed E-state index contributed by atoms with van der Waals surface area (Å²) in [4.78, 5) is 48.0. The van der Waals surface area contributed by atoms with Gasteiger partial charge in [0.15, 0.2) is 5.65 Å².